The van der Waals surface area contributed by atoms with Crippen LogP contribution in [0.2, 0.25) is 0 Å². The number of nitrogens with one attached hydrogen (secondary N) is 2. The first-order chi connectivity index (χ1) is 12.9. The van der Waals surface area contributed by atoms with Crippen LogP contribution in [0.4, 0.5) is 14.9 Å². The SMILES string of the molecule is O=C1CCC(Nc2ccc(C3CC4CCC(C3)N4C(=O)O)c(F)c2)C(=O)N1. The number of piperidine rings is 2. The van der Waals surface area contributed by atoms with E-state index >= 15 is 0 Å². The maximum absolute atomic E-state index is 14.8. The zero-order chi connectivity index (χ0) is 19.1. The second kappa shape index (κ2) is 6.83. The van der Waals surface area contributed by atoms with Crippen molar-refractivity contribution < 1.29 is 23.9 Å². The highest BCUT2D eigenvalue weighted by Crippen LogP contribution is 2.43. The first-order valence-corrected chi connectivity index (χ1v) is 9.33. The third kappa shape index (κ3) is 3.36. The highest BCUT2D eigenvalue weighted by Gasteiger charge is 2.44. The number of carbonyl (C=O) groups is 3. The lowest BCUT2D eigenvalue weighted by atomic mass is 9.85. The van der Waals surface area contributed by atoms with Crippen LogP contribution in [0, 0.1) is 5.82 Å². The van der Waals surface area contributed by atoms with Crippen molar-refractivity contribution in [3.8, 4) is 0 Å². The number of hydrogen-bond acceptors (Lipinski definition) is 4. The Morgan fingerprint density at radius 1 is 1.19 bits per heavy atom. The number of carboxylic acid groups (broad SMARTS) is 1. The number of hydrogen-bond donors (Lipinski definition) is 3. The smallest absolute Gasteiger partial charge is 0.407 e. The molecule has 3 heterocycles. The molecule has 3 saturated heterocycles. The number of nitrogens with zero attached hydrogens (tertiary/aromatic N) is 1. The Labute approximate surface area is 155 Å². The molecule has 1 aromatic rings. The summed E-state index contributed by atoms with van der Waals surface area (Å²) < 4.78 is 14.8. The van der Waals surface area contributed by atoms with Crippen LogP contribution >= 0.6 is 0 Å². The van der Waals surface area contributed by atoms with Crippen molar-refractivity contribution in [2.75, 3.05) is 5.32 Å². The summed E-state index contributed by atoms with van der Waals surface area (Å²) in [5, 5.41) is 14.6. The number of anilines is 1. The van der Waals surface area contributed by atoms with E-state index in [1.807, 2.05) is 0 Å². The molecule has 3 amide bonds. The molecule has 144 valence electrons. The van der Waals surface area contributed by atoms with E-state index in [0.717, 1.165) is 12.8 Å². The van der Waals surface area contributed by atoms with Crippen molar-refractivity contribution in [3.05, 3.63) is 29.6 Å². The minimum Gasteiger partial charge on any atom is -0.465 e. The number of rotatable bonds is 3. The van der Waals surface area contributed by atoms with E-state index < -0.39 is 18.0 Å². The quantitative estimate of drug-likeness (QED) is 0.705. The summed E-state index contributed by atoms with van der Waals surface area (Å²) in [4.78, 5) is 36.0. The number of amides is 3. The van der Waals surface area contributed by atoms with Crippen LogP contribution in [-0.4, -0.2) is 46.0 Å². The maximum atomic E-state index is 14.8. The molecule has 3 fully saturated rings. The van der Waals surface area contributed by atoms with E-state index in [1.165, 1.54) is 11.0 Å². The van der Waals surface area contributed by atoms with Crippen LogP contribution in [0.3, 0.4) is 0 Å². The molecule has 1 aromatic carbocycles. The second-order valence-electron chi connectivity index (χ2n) is 7.63. The van der Waals surface area contributed by atoms with E-state index in [2.05, 4.69) is 10.6 Å². The second-order valence-corrected chi connectivity index (χ2v) is 7.63. The molecule has 3 aliphatic rings. The lowest BCUT2D eigenvalue weighted by molar-refractivity contribution is -0.133. The molecule has 3 N–H and O–H groups in total. The van der Waals surface area contributed by atoms with Gasteiger partial charge in [0.25, 0.3) is 0 Å². The minimum absolute atomic E-state index is 0.00255. The number of halogens is 1. The Balaban J connectivity index is 1.46. The average Bonchev–Trinajstić information content (AvgIpc) is 2.88. The Kier molecular flexibility index (Phi) is 4.49. The van der Waals surface area contributed by atoms with Gasteiger partial charge in [-0.3, -0.25) is 14.9 Å². The standard InChI is InChI=1S/C19H22FN3O4/c20-15-9-11(21-16-5-6-17(24)22-18(16)25)1-4-14(15)10-7-12-2-3-13(8-10)23(12)19(26)27/h1,4,9-10,12-13,16,21H,2-3,5-8H2,(H,26,27)(H,22,24,25). The van der Waals surface area contributed by atoms with Crippen molar-refractivity contribution in [1.29, 1.82) is 0 Å². The third-order valence-electron chi connectivity index (χ3n) is 5.97. The van der Waals surface area contributed by atoms with E-state index in [4.69, 9.17) is 0 Å². The van der Waals surface area contributed by atoms with E-state index in [1.54, 1.807) is 12.1 Å². The molecule has 3 unspecified atom stereocenters. The Morgan fingerprint density at radius 2 is 1.89 bits per heavy atom. The van der Waals surface area contributed by atoms with Crippen LogP contribution in [0.15, 0.2) is 18.2 Å². The predicted octanol–water partition coefficient (Wildman–Crippen LogP) is 2.43. The Hall–Kier alpha value is -2.64. The molecule has 0 spiro atoms. The predicted molar refractivity (Wildman–Crippen MR) is 94.8 cm³/mol. The van der Waals surface area contributed by atoms with Gasteiger partial charge in [-0.15, -0.1) is 0 Å². The molecule has 2 bridgehead atoms. The van der Waals surface area contributed by atoms with Gasteiger partial charge in [0, 0.05) is 24.2 Å². The molecule has 4 rings (SSSR count). The highest BCUT2D eigenvalue weighted by atomic mass is 19.1. The normalized spacial score (nSPS) is 30.2. The summed E-state index contributed by atoms with van der Waals surface area (Å²) >= 11 is 0. The summed E-state index contributed by atoms with van der Waals surface area (Å²) in [7, 11) is 0. The van der Waals surface area contributed by atoms with Crippen molar-refractivity contribution in [1.82, 2.24) is 10.2 Å². The van der Waals surface area contributed by atoms with Crippen LogP contribution in [0.5, 0.6) is 0 Å². The highest BCUT2D eigenvalue weighted by molar-refractivity contribution is 6.01. The van der Waals surface area contributed by atoms with Crippen LogP contribution in [-0.2, 0) is 9.59 Å². The van der Waals surface area contributed by atoms with Gasteiger partial charge >= 0.3 is 6.09 Å². The summed E-state index contributed by atoms with van der Waals surface area (Å²) in [6, 6.07) is 4.23. The van der Waals surface area contributed by atoms with Gasteiger partial charge in [-0.2, -0.15) is 0 Å². The van der Waals surface area contributed by atoms with Gasteiger partial charge in [0.05, 0.1) is 0 Å². The molecule has 0 aromatic heterocycles. The minimum atomic E-state index is -0.884. The summed E-state index contributed by atoms with van der Waals surface area (Å²) in [6.45, 7) is 0. The topological polar surface area (TPSA) is 98.7 Å². The zero-order valence-electron chi connectivity index (χ0n) is 14.8. The summed E-state index contributed by atoms with van der Waals surface area (Å²) in [5.74, 6) is -1.03. The number of fused-ring (bicyclic) bond motifs is 2. The molecule has 7 nitrogen and oxygen atoms in total. The van der Waals surface area contributed by atoms with Gasteiger partial charge in [-0.05, 0) is 55.7 Å². The van der Waals surface area contributed by atoms with Crippen molar-refractivity contribution >= 4 is 23.6 Å². The largest absolute Gasteiger partial charge is 0.465 e. The number of benzene rings is 1. The van der Waals surface area contributed by atoms with Crippen molar-refractivity contribution in [3.63, 3.8) is 0 Å². The molecule has 0 aliphatic carbocycles. The average molecular weight is 375 g/mol. The van der Waals surface area contributed by atoms with E-state index in [-0.39, 0.29) is 36.1 Å². The monoisotopic (exact) mass is 375 g/mol. The molecule has 0 saturated carbocycles. The number of imide groups is 1. The van der Waals surface area contributed by atoms with Gasteiger partial charge in [0.15, 0.2) is 0 Å². The number of carbonyl (C=O) groups excluding carboxylic acids is 2. The maximum Gasteiger partial charge on any atom is 0.407 e. The first kappa shape index (κ1) is 17.8. The fourth-order valence-corrected chi connectivity index (χ4v) is 4.72. The molecule has 0 radical (unpaired) electrons. The lowest BCUT2D eigenvalue weighted by Gasteiger charge is -2.37. The van der Waals surface area contributed by atoms with Crippen LogP contribution < -0.4 is 10.6 Å². The summed E-state index contributed by atoms with van der Waals surface area (Å²) in [6.07, 6.45) is 2.71. The Morgan fingerprint density at radius 3 is 2.48 bits per heavy atom. The van der Waals surface area contributed by atoms with E-state index in [9.17, 15) is 23.9 Å². The Bertz CT molecular complexity index is 785. The van der Waals surface area contributed by atoms with Gasteiger partial charge in [-0.1, -0.05) is 6.07 Å². The summed E-state index contributed by atoms with van der Waals surface area (Å²) in [5.41, 5.74) is 1.10. The van der Waals surface area contributed by atoms with Gasteiger partial charge in [0.2, 0.25) is 11.8 Å². The molecule has 3 aliphatic heterocycles. The molecule has 27 heavy (non-hydrogen) atoms. The zero-order valence-corrected chi connectivity index (χ0v) is 14.8. The molecular formula is C19H22FN3O4. The third-order valence-corrected chi connectivity index (χ3v) is 5.97. The van der Waals surface area contributed by atoms with Crippen LogP contribution in [0.1, 0.15) is 50.0 Å². The molecule has 8 heteroatoms. The fourth-order valence-electron chi connectivity index (χ4n) is 4.72. The molecular weight excluding hydrogens is 353 g/mol. The van der Waals surface area contributed by atoms with E-state index in [0.29, 0.717) is 30.5 Å². The van der Waals surface area contributed by atoms with Gasteiger partial charge in [0.1, 0.15) is 11.9 Å². The first-order valence-electron chi connectivity index (χ1n) is 9.33. The molecule has 3 atom stereocenters. The van der Waals surface area contributed by atoms with Crippen molar-refractivity contribution in [2.24, 2.45) is 0 Å². The lowest BCUT2D eigenvalue weighted by Crippen LogP contribution is -2.47. The fraction of sp³-hybridized carbons (Fsp3) is 0.526. The van der Waals surface area contributed by atoms with Crippen molar-refractivity contribution in [2.45, 2.75) is 62.6 Å². The van der Waals surface area contributed by atoms with Gasteiger partial charge in [-0.25, -0.2) is 9.18 Å². The van der Waals surface area contributed by atoms with Gasteiger partial charge < -0.3 is 15.3 Å². The van der Waals surface area contributed by atoms with Crippen LogP contribution in [0.25, 0.3) is 0 Å².